The van der Waals surface area contributed by atoms with Gasteiger partial charge in [0.05, 0.1) is 6.61 Å². The van der Waals surface area contributed by atoms with Crippen molar-refractivity contribution in [1.29, 1.82) is 0 Å². The highest BCUT2D eigenvalue weighted by molar-refractivity contribution is 5.82. The standard InChI is InChI=1S/C10H10O3/c11-5-1-2-8-3-4-10(13)6-9(8)7-12/h1-4,6-7,11,13H,5H2. The Labute approximate surface area is 76.0 Å². The van der Waals surface area contributed by atoms with Gasteiger partial charge in [-0.15, -0.1) is 0 Å². The van der Waals surface area contributed by atoms with E-state index in [9.17, 15) is 4.79 Å². The lowest BCUT2D eigenvalue weighted by Gasteiger charge is -1.98. The summed E-state index contributed by atoms with van der Waals surface area (Å²) in [6.07, 6.45) is 3.82. The number of carbonyl (C=O) groups excluding carboxylic acids is 1. The number of phenols is 1. The summed E-state index contributed by atoms with van der Waals surface area (Å²) < 4.78 is 0. The van der Waals surface area contributed by atoms with E-state index in [0.29, 0.717) is 17.4 Å². The first-order chi connectivity index (χ1) is 6.27. The van der Waals surface area contributed by atoms with Crippen LogP contribution in [0.15, 0.2) is 24.3 Å². The topological polar surface area (TPSA) is 57.5 Å². The molecule has 2 N–H and O–H groups in total. The predicted molar refractivity (Wildman–Crippen MR) is 49.6 cm³/mol. The molecular formula is C10H10O3. The van der Waals surface area contributed by atoms with E-state index in [1.54, 1.807) is 12.1 Å². The Morgan fingerprint density at radius 3 is 2.69 bits per heavy atom. The maximum absolute atomic E-state index is 10.5. The van der Waals surface area contributed by atoms with Gasteiger partial charge >= 0.3 is 0 Å². The first-order valence-electron chi connectivity index (χ1n) is 3.83. The summed E-state index contributed by atoms with van der Waals surface area (Å²) in [6, 6.07) is 4.49. The van der Waals surface area contributed by atoms with Crippen molar-refractivity contribution in [1.82, 2.24) is 0 Å². The molecule has 68 valence electrons. The van der Waals surface area contributed by atoms with Crippen LogP contribution in [-0.4, -0.2) is 23.1 Å². The average molecular weight is 178 g/mol. The van der Waals surface area contributed by atoms with E-state index in [4.69, 9.17) is 10.2 Å². The van der Waals surface area contributed by atoms with Crippen LogP contribution in [0.25, 0.3) is 6.08 Å². The molecule has 0 bridgehead atoms. The lowest BCUT2D eigenvalue weighted by molar-refractivity contribution is 0.112. The molecule has 0 aliphatic rings. The molecule has 0 saturated carbocycles. The second-order valence-corrected chi connectivity index (χ2v) is 2.52. The average Bonchev–Trinajstić information content (AvgIpc) is 2.16. The van der Waals surface area contributed by atoms with Crippen LogP contribution in [-0.2, 0) is 0 Å². The molecule has 1 rings (SSSR count). The van der Waals surface area contributed by atoms with E-state index >= 15 is 0 Å². The Morgan fingerprint density at radius 1 is 1.31 bits per heavy atom. The van der Waals surface area contributed by atoms with E-state index in [2.05, 4.69) is 0 Å². The Morgan fingerprint density at radius 2 is 2.08 bits per heavy atom. The zero-order valence-corrected chi connectivity index (χ0v) is 6.97. The largest absolute Gasteiger partial charge is 0.508 e. The molecule has 0 fully saturated rings. The van der Waals surface area contributed by atoms with Crippen molar-refractivity contribution in [2.45, 2.75) is 0 Å². The molecule has 0 spiro atoms. The lowest BCUT2D eigenvalue weighted by Crippen LogP contribution is -1.85. The van der Waals surface area contributed by atoms with Gasteiger partial charge in [-0.1, -0.05) is 18.2 Å². The van der Waals surface area contributed by atoms with Gasteiger partial charge in [0.15, 0.2) is 6.29 Å². The molecule has 1 aromatic rings. The minimum absolute atomic E-state index is 0.0586. The predicted octanol–water partition coefficient (Wildman–Crippen LogP) is 1.21. The molecule has 0 atom stereocenters. The number of aromatic hydroxyl groups is 1. The Bertz CT molecular complexity index is 329. The highest BCUT2D eigenvalue weighted by Gasteiger charge is 1.98. The fraction of sp³-hybridized carbons (Fsp3) is 0.100. The summed E-state index contributed by atoms with van der Waals surface area (Å²) in [5, 5.41) is 17.6. The fourth-order valence-corrected chi connectivity index (χ4v) is 0.996. The monoisotopic (exact) mass is 178 g/mol. The van der Waals surface area contributed by atoms with Crippen molar-refractivity contribution in [3.05, 3.63) is 35.4 Å². The molecule has 1 aromatic carbocycles. The molecule has 0 unspecified atom stereocenters. The summed E-state index contributed by atoms with van der Waals surface area (Å²) in [7, 11) is 0. The van der Waals surface area contributed by atoms with Gasteiger partial charge in [-0.05, 0) is 17.7 Å². The minimum atomic E-state index is -0.0703. The summed E-state index contributed by atoms with van der Waals surface area (Å²) in [5.74, 6) is 0.0586. The third-order valence-corrected chi connectivity index (χ3v) is 1.60. The molecule has 3 nitrogen and oxygen atoms in total. The number of phenolic OH excluding ortho intramolecular Hbond substituents is 1. The molecule has 0 aliphatic heterocycles. The van der Waals surface area contributed by atoms with E-state index in [-0.39, 0.29) is 12.4 Å². The number of rotatable bonds is 3. The molecule has 13 heavy (non-hydrogen) atoms. The molecule has 0 heterocycles. The number of carbonyl (C=O) groups is 1. The highest BCUT2D eigenvalue weighted by atomic mass is 16.3. The van der Waals surface area contributed by atoms with Crippen molar-refractivity contribution in [3.63, 3.8) is 0 Å². The summed E-state index contributed by atoms with van der Waals surface area (Å²) in [5.41, 5.74) is 1.09. The number of aliphatic hydroxyl groups excluding tert-OH is 1. The number of aldehydes is 1. The maximum atomic E-state index is 10.5. The highest BCUT2D eigenvalue weighted by Crippen LogP contribution is 2.16. The van der Waals surface area contributed by atoms with Crippen molar-refractivity contribution in [2.24, 2.45) is 0 Å². The lowest BCUT2D eigenvalue weighted by atomic mass is 10.1. The summed E-state index contributed by atoms with van der Waals surface area (Å²) in [4.78, 5) is 10.5. The van der Waals surface area contributed by atoms with Gasteiger partial charge in [-0.3, -0.25) is 4.79 Å². The minimum Gasteiger partial charge on any atom is -0.508 e. The molecule has 0 aliphatic carbocycles. The number of benzene rings is 1. The van der Waals surface area contributed by atoms with Crippen LogP contribution in [0.5, 0.6) is 5.75 Å². The van der Waals surface area contributed by atoms with E-state index in [1.165, 1.54) is 18.2 Å². The van der Waals surface area contributed by atoms with Crippen molar-refractivity contribution in [2.75, 3.05) is 6.61 Å². The maximum Gasteiger partial charge on any atom is 0.150 e. The quantitative estimate of drug-likeness (QED) is 0.684. The van der Waals surface area contributed by atoms with Gasteiger partial charge in [0.1, 0.15) is 5.75 Å². The molecular weight excluding hydrogens is 168 g/mol. The number of aliphatic hydroxyl groups is 1. The first kappa shape index (κ1) is 9.48. The summed E-state index contributed by atoms with van der Waals surface area (Å²) >= 11 is 0. The van der Waals surface area contributed by atoms with Gasteiger partial charge in [0.2, 0.25) is 0 Å². The van der Waals surface area contributed by atoms with E-state index < -0.39 is 0 Å². The van der Waals surface area contributed by atoms with Crippen LogP contribution in [0.1, 0.15) is 15.9 Å². The van der Waals surface area contributed by atoms with Crippen LogP contribution in [0, 0.1) is 0 Å². The smallest absolute Gasteiger partial charge is 0.150 e. The molecule has 0 aromatic heterocycles. The number of hydrogen-bond donors (Lipinski definition) is 2. The third kappa shape index (κ3) is 2.42. The van der Waals surface area contributed by atoms with Gasteiger partial charge in [0, 0.05) is 5.56 Å². The second-order valence-electron chi connectivity index (χ2n) is 2.52. The van der Waals surface area contributed by atoms with Crippen molar-refractivity contribution in [3.8, 4) is 5.75 Å². The van der Waals surface area contributed by atoms with Crippen LogP contribution < -0.4 is 0 Å². The van der Waals surface area contributed by atoms with Gasteiger partial charge in [0.25, 0.3) is 0 Å². The molecule has 3 heteroatoms. The molecule has 0 radical (unpaired) electrons. The molecule has 0 amide bonds. The second kappa shape index (κ2) is 4.42. The normalized spacial score (nSPS) is 10.5. The van der Waals surface area contributed by atoms with Crippen LogP contribution in [0.4, 0.5) is 0 Å². The van der Waals surface area contributed by atoms with Gasteiger partial charge in [-0.25, -0.2) is 0 Å². The van der Waals surface area contributed by atoms with Gasteiger partial charge in [-0.2, -0.15) is 0 Å². The zero-order valence-electron chi connectivity index (χ0n) is 6.97. The SMILES string of the molecule is O=Cc1cc(O)ccc1C=CCO. The van der Waals surface area contributed by atoms with Crippen molar-refractivity contribution >= 4 is 12.4 Å². The van der Waals surface area contributed by atoms with Gasteiger partial charge < -0.3 is 10.2 Å². The van der Waals surface area contributed by atoms with Crippen LogP contribution >= 0.6 is 0 Å². The van der Waals surface area contributed by atoms with E-state index in [0.717, 1.165) is 0 Å². The first-order valence-corrected chi connectivity index (χ1v) is 3.83. The Balaban J connectivity index is 3.06. The van der Waals surface area contributed by atoms with Crippen LogP contribution in [0.3, 0.4) is 0 Å². The molecule has 0 saturated heterocycles. The summed E-state index contributed by atoms with van der Waals surface area (Å²) in [6.45, 7) is -0.0703. The Hall–Kier alpha value is -1.61. The zero-order chi connectivity index (χ0) is 9.68. The Kier molecular flexibility index (Phi) is 3.23. The third-order valence-electron chi connectivity index (χ3n) is 1.60. The number of hydrogen-bond acceptors (Lipinski definition) is 3. The fourth-order valence-electron chi connectivity index (χ4n) is 0.996. The van der Waals surface area contributed by atoms with E-state index in [1.807, 2.05) is 0 Å². The van der Waals surface area contributed by atoms with Crippen LogP contribution in [0.2, 0.25) is 0 Å². The van der Waals surface area contributed by atoms with Crippen molar-refractivity contribution < 1.29 is 15.0 Å².